The summed E-state index contributed by atoms with van der Waals surface area (Å²) in [7, 11) is 0. The van der Waals surface area contributed by atoms with Gasteiger partial charge < -0.3 is 20.3 Å². The van der Waals surface area contributed by atoms with E-state index in [1.807, 2.05) is 18.2 Å². The predicted octanol–water partition coefficient (Wildman–Crippen LogP) is 2.26. The third kappa shape index (κ3) is 4.20. The second-order valence-corrected chi connectivity index (χ2v) is 4.19. The average molecular weight is 253 g/mol. The Morgan fingerprint density at radius 1 is 1.11 bits per heavy atom. The lowest BCUT2D eigenvalue weighted by Gasteiger charge is -2.15. The SMILES string of the molecule is CCCOc1ccc(C(N)CO)cc1OCCC. The lowest BCUT2D eigenvalue weighted by Crippen LogP contribution is -2.14. The Balaban J connectivity index is 2.88. The van der Waals surface area contributed by atoms with Crippen molar-refractivity contribution in [3.8, 4) is 11.5 Å². The third-order valence-electron chi connectivity index (χ3n) is 2.52. The Morgan fingerprint density at radius 2 is 1.72 bits per heavy atom. The number of aliphatic hydroxyl groups is 1. The average Bonchev–Trinajstić information content (AvgIpc) is 2.42. The first kappa shape index (κ1) is 14.8. The van der Waals surface area contributed by atoms with E-state index in [9.17, 15) is 0 Å². The molecule has 1 unspecified atom stereocenters. The molecule has 4 heteroatoms. The van der Waals surface area contributed by atoms with Crippen LogP contribution in [0.1, 0.15) is 38.3 Å². The number of aliphatic hydroxyl groups excluding tert-OH is 1. The van der Waals surface area contributed by atoms with Gasteiger partial charge in [-0.3, -0.25) is 0 Å². The molecule has 0 saturated heterocycles. The van der Waals surface area contributed by atoms with Crippen molar-refractivity contribution in [1.82, 2.24) is 0 Å². The Kier molecular flexibility index (Phi) is 6.54. The molecule has 18 heavy (non-hydrogen) atoms. The van der Waals surface area contributed by atoms with E-state index in [0.717, 1.165) is 24.2 Å². The first-order chi connectivity index (χ1) is 8.72. The molecule has 0 fully saturated rings. The Morgan fingerprint density at radius 3 is 2.28 bits per heavy atom. The summed E-state index contributed by atoms with van der Waals surface area (Å²) in [5, 5.41) is 9.07. The van der Waals surface area contributed by atoms with Gasteiger partial charge >= 0.3 is 0 Å². The summed E-state index contributed by atoms with van der Waals surface area (Å²) in [6, 6.07) is 5.19. The summed E-state index contributed by atoms with van der Waals surface area (Å²) in [5.74, 6) is 1.44. The van der Waals surface area contributed by atoms with Crippen LogP contribution in [0.2, 0.25) is 0 Å². The van der Waals surface area contributed by atoms with Crippen LogP contribution in [0.15, 0.2) is 18.2 Å². The largest absolute Gasteiger partial charge is 0.490 e. The van der Waals surface area contributed by atoms with Gasteiger partial charge in [0.1, 0.15) is 0 Å². The van der Waals surface area contributed by atoms with Crippen LogP contribution >= 0.6 is 0 Å². The minimum Gasteiger partial charge on any atom is -0.490 e. The Hall–Kier alpha value is -1.26. The van der Waals surface area contributed by atoms with Gasteiger partial charge in [0.15, 0.2) is 11.5 Å². The highest BCUT2D eigenvalue weighted by Crippen LogP contribution is 2.30. The number of nitrogens with two attached hydrogens (primary N) is 1. The summed E-state index contributed by atoms with van der Waals surface area (Å²) in [6.45, 7) is 5.33. The van der Waals surface area contributed by atoms with Crippen molar-refractivity contribution < 1.29 is 14.6 Å². The van der Waals surface area contributed by atoms with E-state index in [0.29, 0.717) is 19.0 Å². The smallest absolute Gasteiger partial charge is 0.161 e. The van der Waals surface area contributed by atoms with Crippen LogP contribution in [0.5, 0.6) is 11.5 Å². The quantitative estimate of drug-likeness (QED) is 0.746. The first-order valence-corrected chi connectivity index (χ1v) is 6.48. The molecule has 1 atom stereocenters. The molecular weight excluding hydrogens is 230 g/mol. The van der Waals surface area contributed by atoms with Gasteiger partial charge in [-0.2, -0.15) is 0 Å². The standard InChI is InChI=1S/C14H23NO3/c1-3-7-17-13-6-5-11(12(15)10-16)9-14(13)18-8-4-2/h5-6,9,12,16H,3-4,7-8,10,15H2,1-2H3. The van der Waals surface area contributed by atoms with Crippen LogP contribution < -0.4 is 15.2 Å². The summed E-state index contributed by atoms with van der Waals surface area (Å²) in [4.78, 5) is 0. The molecule has 1 aromatic carbocycles. The van der Waals surface area contributed by atoms with Gasteiger partial charge in [0.2, 0.25) is 0 Å². The summed E-state index contributed by atoms with van der Waals surface area (Å²) in [5.41, 5.74) is 6.65. The monoisotopic (exact) mass is 253 g/mol. The van der Waals surface area contributed by atoms with E-state index in [1.54, 1.807) is 0 Å². The van der Waals surface area contributed by atoms with Gasteiger partial charge in [-0.05, 0) is 30.5 Å². The molecule has 1 aromatic rings. The lowest BCUT2D eigenvalue weighted by atomic mass is 10.1. The Labute approximate surface area is 109 Å². The molecule has 0 heterocycles. The molecule has 1 rings (SSSR count). The third-order valence-corrected chi connectivity index (χ3v) is 2.52. The number of ether oxygens (including phenoxy) is 2. The fourth-order valence-electron chi connectivity index (χ4n) is 1.52. The molecule has 0 saturated carbocycles. The zero-order valence-electron chi connectivity index (χ0n) is 11.2. The van der Waals surface area contributed by atoms with E-state index in [2.05, 4.69) is 13.8 Å². The van der Waals surface area contributed by atoms with Crippen molar-refractivity contribution in [3.63, 3.8) is 0 Å². The molecular formula is C14H23NO3. The maximum Gasteiger partial charge on any atom is 0.161 e. The molecule has 0 aliphatic rings. The zero-order valence-corrected chi connectivity index (χ0v) is 11.2. The molecule has 0 radical (unpaired) electrons. The van der Waals surface area contributed by atoms with Gasteiger partial charge in [-0.25, -0.2) is 0 Å². The molecule has 0 aromatic heterocycles. The molecule has 3 N–H and O–H groups in total. The second-order valence-electron chi connectivity index (χ2n) is 4.19. The van der Waals surface area contributed by atoms with E-state index in [4.69, 9.17) is 20.3 Å². The number of rotatable bonds is 8. The zero-order chi connectivity index (χ0) is 13.4. The fourth-order valence-corrected chi connectivity index (χ4v) is 1.52. The first-order valence-electron chi connectivity index (χ1n) is 6.48. The van der Waals surface area contributed by atoms with E-state index >= 15 is 0 Å². The molecule has 4 nitrogen and oxygen atoms in total. The van der Waals surface area contributed by atoms with E-state index in [-0.39, 0.29) is 12.6 Å². The molecule has 0 aliphatic carbocycles. The van der Waals surface area contributed by atoms with Crippen LogP contribution in [-0.2, 0) is 0 Å². The maximum atomic E-state index is 9.07. The minimum atomic E-state index is -0.380. The van der Waals surface area contributed by atoms with Crippen LogP contribution in [0, 0.1) is 0 Å². The number of hydrogen-bond donors (Lipinski definition) is 2. The molecule has 0 spiro atoms. The highest BCUT2D eigenvalue weighted by molar-refractivity contribution is 5.44. The van der Waals surface area contributed by atoms with Crippen LogP contribution in [-0.4, -0.2) is 24.9 Å². The van der Waals surface area contributed by atoms with Gasteiger partial charge in [-0.15, -0.1) is 0 Å². The normalized spacial score (nSPS) is 12.2. The highest BCUT2D eigenvalue weighted by atomic mass is 16.5. The van der Waals surface area contributed by atoms with Crippen LogP contribution in [0.4, 0.5) is 0 Å². The van der Waals surface area contributed by atoms with Crippen molar-refractivity contribution in [1.29, 1.82) is 0 Å². The van der Waals surface area contributed by atoms with Crippen LogP contribution in [0.25, 0.3) is 0 Å². The topological polar surface area (TPSA) is 64.7 Å². The van der Waals surface area contributed by atoms with Crippen molar-refractivity contribution in [2.75, 3.05) is 19.8 Å². The molecule has 102 valence electrons. The summed E-state index contributed by atoms with van der Waals surface area (Å²) < 4.78 is 11.3. The predicted molar refractivity (Wildman–Crippen MR) is 72.0 cm³/mol. The van der Waals surface area contributed by atoms with Gasteiger partial charge in [-0.1, -0.05) is 19.9 Å². The van der Waals surface area contributed by atoms with Crippen LogP contribution in [0.3, 0.4) is 0 Å². The molecule has 0 amide bonds. The van der Waals surface area contributed by atoms with Crippen molar-refractivity contribution >= 4 is 0 Å². The second kappa shape index (κ2) is 7.95. The van der Waals surface area contributed by atoms with Gasteiger partial charge in [0, 0.05) is 0 Å². The van der Waals surface area contributed by atoms with Gasteiger partial charge in [0.05, 0.1) is 25.9 Å². The maximum absolute atomic E-state index is 9.07. The number of hydrogen-bond acceptors (Lipinski definition) is 4. The molecule has 0 bridgehead atoms. The Bertz CT molecular complexity index is 355. The summed E-state index contributed by atoms with van der Waals surface area (Å²) >= 11 is 0. The van der Waals surface area contributed by atoms with Crippen molar-refractivity contribution in [2.45, 2.75) is 32.7 Å². The van der Waals surface area contributed by atoms with E-state index in [1.165, 1.54) is 0 Å². The molecule has 0 aliphatic heterocycles. The highest BCUT2D eigenvalue weighted by Gasteiger charge is 2.10. The van der Waals surface area contributed by atoms with E-state index < -0.39 is 0 Å². The lowest BCUT2D eigenvalue weighted by molar-refractivity contribution is 0.261. The summed E-state index contributed by atoms with van der Waals surface area (Å²) in [6.07, 6.45) is 1.88. The minimum absolute atomic E-state index is 0.0810. The fraction of sp³-hybridized carbons (Fsp3) is 0.571. The van der Waals surface area contributed by atoms with Crippen molar-refractivity contribution in [3.05, 3.63) is 23.8 Å². The van der Waals surface area contributed by atoms with Gasteiger partial charge in [0.25, 0.3) is 0 Å². The number of benzene rings is 1. The van der Waals surface area contributed by atoms with Crippen molar-refractivity contribution in [2.24, 2.45) is 5.73 Å².